The molecule has 2 aromatic rings. The number of ether oxygens (including phenoxy) is 1. The molecule has 1 saturated heterocycles. The minimum absolute atomic E-state index is 0.163. The number of benzene rings is 1. The highest BCUT2D eigenvalue weighted by Crippen LogP contribution is 2.38. The summed E-state index contributed by atoms with van der Waals surface area (Å²) in [7, 11) is -0.649. The van der Waals surface area contributed by atoms with Crippen molar-refractivity contribution in [3.63, 3.8) is 0 Å². The third-order valence-corrected chi connectivity index (χ3v) is 5.24. The second kappa shape index (κ2) is 8.85. The van der Waals surface area contributed by atoms with Crippen LogP contribution in [0, 0.1) is 0 Å². The number of hydrogen-bond acceptors (Lipinski definition) is 7. The minimum Gasteiger partial charge on any atom is -0.445 e. The molecule has 30 heavy (non-hydrogen) atoms. The average Bonchev–Trinajstić information content (AvgIpc) is 2.93. The normalized spacial score (nSPS) is 17.6. The van der Waals surface area contributed by atoms with E-state index in [1.807, 2.05) is 58.0 Å². The van der Waals surface area contributed by atoms with Crippen LogP contribution in [0.3, 0.4) is 0 Å². The Balaban J connectivity index is 1.70. The molecule has 1 fully saturated rings. The summed E-state index contributed by atoms with van der Waals surface area (Å²) < 4.78 is 17.5. The van der Waals surface area contributed by atoms with Crippen LogP contribution in [0.25, 0.3) is 6.08 Å². The van der Waals surface area contributed by atoms with E-state index < -0.39 is 24.4 Å². The molecule has 1 aliphatic heterocycles. The molecule has 1 aromatic heterocycles. The molecule has 1 aliphatic rings. The van der Waals surface area contributed by atoms with Gasteiger partial charge in [-0.15, -0.1) is 10.2 Å². The predicted molar refractivity (Wildman–Crippen MR) is 115 cm³/mol. The Kier molecular flexibility index (Phi) is 6.43. The number of nitrogens with one attached hydrogen (secondary N) is 1. The van der Waals surface area contributed by atoms with E-state index in [4.69, 9.17) is 19.8 Å². The zero-order valence-corrected chi connectivity index (χ0v) is 17.7. The van der Waals surface area contributed by atoms with E-state index >= 15 is 0 Å². The van der Waals surface area contributed by atoms with Crippen LogP contribution in [-0.2, 0) is 20.7 Å². The van der Waals surface area contributed by atoms with Crippen LogP contribution >= 0.6 is 0 Å². The molecule has 1 amide bonds. The van der Waals surface area contributed by atoms with Crippen molar-refractivity contribution in [1.29, 1.82) is 0 Å². The third-order valence-electron chi connectivity index (χ3n) is 5.24. The zero-order valence-electron chi connectivity index (χ0n) is 17.7. The molecule has 0 atom stereocenters. The SMILES string of the molecule is CC1(C)OB(C(=Cc2ccc(N)nn2)CNC(=O)OCc2ccccc2)OC1(C)C. The molecular weight excluding hydrogens is 383 g/mol. The van der Waals surface area contributed by atoms with Gasteiger partial charge >= 0.3 is 13.2 Å². The number of anilines is 1. The van der Waals surface area contributed by atoms with E-state index in [9.17, 15) is 4.79 Å². The van der Waals surface area contributed by atoms with E-state index in [0.29, 0.717) is 17.0 Å². The first kappa shape index (κ1) is 21.8. The zero-order chi connectivity index (χ0) is 21.8. The lowest BCUT2D eigenvalue weighted by Gasteiger charge is -2.32. The van der Waals surface area contributed by atoms with Gasteiger partial charge in [-0.05, 0) is 56.9 Å². The van der Waals surface area contributed by atoms with E-state index in [1.54, 1.807) is 18.2 Å². The highest BCUT2D eigenvalue weighted by Gasteiger charge is 2.52. The van der Waals surface area contributed by atoms with Crippen molar-refractivity contribution in [3.05, 3.63) is 59.2 Å². The van der Waals surface area contributed by atoms with Crippen LogP contribution in [0.5, 0.6) is 0 Å². The second-order valence-electron chi connectivity index (χ2n) is 8.11. The molecule has 0 spiro atoms. The van der Waals surface area contributed by atoms with Gasteiger partial charge in [0.2, 0.25) is 0 Å². The summed E-state index contributed by atoms with van der Waals surface area (Å²) in [6.07, 6.45) is 1.23. The molecule has 158 valence electrons. The maximum Gasteiger partial charge on any atom is 0.492 e. The van der Waals surface area contributed by atoms with Gasteiger partial charge in [0.05, 0.1) is 16.9 Å². The molecule has 3 rings (SSSR count). The first-order valence-corrected chi connectivity index (χ1v) is 9.76. The average molecular weight is 410 g/mol. The molecular formula is C21H27BN4O4. The van der Waals surface area contributed by atoms with E-state index in [2.05, 4.69) is 15.5 Å². The van der Waals surface area contributed by atoms with Crippen molar-refractivity contribution < 1.29 is 18.8 Å². The van der Waals surface area contributed by atoms with Gasteiger partial charge in [-0.1, -0.05) is 30.3 Å². The number of alkyl carbamates (subject to hydrolysis) is 1. The Hall–Kier alpha value is -2.91. The summed E-state index contributed by atoms with van der Waals surface area (Å²) in [4.78, 5) is 12.2. The van der Waals surface area contributed by atoms with Crippen molar-refractivity contribution in [2.75, 3.05) is 12.3 Å². The number of hydrogen-bond donors (Lipinski definition) is 2. The van der Waals surface area contributed by atoms with Crippen molar-refractivity contribution in [3.8, 4) is 0 Å². The monoisotopic (exact) mass is 410 g/mol. The molecule has 8 nitrogen and oxygen atoms in total. The number of amides is 1. The van der Waals surface area contributed by atoms with Crippen LogP contribution in [0.2, 0.25) is 0 Å². The van der Waals surface area contributed by atoms with Gasteiger partial charge in [0.1, 0.15) is 12.4 Å². The minimum atomic E-state index is -0.649. The Bertz CT molecular complexity index is 885. The standard InChI is InChI=1S/C21H27BN4O4/c1-20(2)21(3,4)30-22(29-20)16(12-17-10-11-18(23)26-25-17)13-24-19(27)28-14-15-8-6-5-7-9-15/h5-12H,13-14H2,1-4H3,(H2,23,26)(H,24,27). The molecule has 3 N–H and O–H groups in total. The molecule has 0 bridgehead atoms. The summed E-state index contributed by atoms with van der Waals surface area (Å²) in [6, 6.07) is 12.9. The van der Waals surface area contributed by atoms with Crippen molar-refractivity contribution in [1.82, 2.24) is 15.5 Å². The lowest BCUT2D eigenvalue weighted by Crippen LogP contribution is -2.41. The summed E-state index contributed by atoms with van der Waals surface area (Å²) in [5.41, 5.74) is 6.75. The van der Waals surface area contributed by atoms with Gasteiger partial charge < -0.3 is 25.1 Å². The second-order valence-corrected chi connectivity index (χ2v) is 8.11. The Morgan fingerprint density at radius 2 is 1.77 bits per heavy atom. The van der Waals surface area contributed by atoms with Crippen LogP contribution in [0.4, 0.5) is 10.6 Å². The smallest absolute Gasteiger partial charge is 0.445 e. The van der Waals surface area contributed by atoms with Crippen molar-refractivity contribution in [2.45, 2.75) is 45.5 Å². The Morgan fingerprint density at radius 1 is 1.10 bits per heavy atom. The number of nitrogen functional groups attached to an aromatic ring is 1. The number of carbonyl (C=O) groups excluding carboxylic acids is 1. The van der Waals surface area contributed by atoms with E-state index in [-0.39, 0.29) is 13.2 Å². The van der Waals surface area contributed by atoms with E-state index in [1.165, 1.54) is 0 Å². The summed E-state index contributed by atoms with van der Waals surface area (Å²) in [5, 5.41) is 10.7. The van der Waals surface area contributed by atoms with E-state index in [0.717, 1.165) is 5.56 Å². The van der Waals surface area contributed by atoms with Gasteiger partial charge in [0, 0.05) is 6.54 Å². The Labute approximate surface area is 176 Å². The van der Waals surface area contributed by atoms with Crippen LogP contribution in [-0.4, -0.2) is 41.2 Å². The molecule has 1 aromatic carbocycles. The van der Waals surface area contributed by atoms with Gasteiger partial charge in [-0.25, -0.2) is 4.79 Å². The van der Waals surface area contributed by atoms with Gasteiger partial charge in [0.25, 0.3) is 0 Å². The topological polar surface area (TPSA) is 109 Å². The van der Waals surface area contributed by atoms with Crippen LogP contribution in [0.15, 0.2) is 47.9 Å². The fourth-order valence-corrected chi connectivity index (χ4v) is 2.77. The molecule has 9 heteroatoms. The van der Waals surface area contributed by atoms with Crippen molar-refractivity contribution in [2.24, 2.45) is 0 Å². The van der Waals surface area contributed by atoms with Gasteiger partial charge in [-0.3, -0.25) is 0 Å². The summed E-state index contributed by atoms with van der Waals surface area (Å²) >= 11 is 0. The number of rotatable bonds is 6. The van der Waals surface area contributed by atoms with Gasteiger partial charge in [0.15, 0.2) is 0 Å². The lowest BCUT2D eigenvalue weighted by atomic mass is 9.77. The number of carbonyl (C=O) groups is 1. The maximum absolute atomic E-state index is 12.2. The van der Waals surface area contributed by atoms with Crippen molar-refractivity contribution >= 4 is 25.1 Å². The third kappa shape index (κ3) is 5.37. The largest absolute Gasteiger partial charge is 0.492 e. The highest BCUT2D eigenvalue weighted by atomic mass is 16.7. The van der Waals surface area contributed by atoms with Gasteiger partial charge in [-0.2, -0.15) is 0 Å². The number of nitrogens with two attached hydrogens (primary N) is 1. The summed E-state index contributed by atoms with van der Waals surface area (Å²) in [6.45, 7) is 8.22. The molecule has 0 aliphatic carbocycles. The molecule has 0 radical (unpaired) electrons. The first-order valence-electron chi connectivity index (χ1n) is 9.76. The molecule has 0 saturated carbocycles. The summed E-state index contributed by atoms with van der Waals surface area (Å²) in [5.74, 6) is 0.326. The quantitative estimate of drug-likeness (QED) is 0.705. The first-order chi connectivity index (χ1) is 14.2. The van der Waals surface area contributed by atoms with Crippen LogP contribution < -0.4 is 11.1 Å². The molecule has 2 heterocycles. The predicted octanol–water partition coefficient (Wildman–Crippen LogP) is 3.00. The fourth-order valence-electron chi connectivity index (χ4n) is 2.77. The lowest BCUT2D eigenvalue weighted by molar-refractivity contribution is 0.00578. The fraction of sp³-hybridized carbons (Fsp3) is 0.381. The maximum atomic E-state index is 12.2. The number of nitrogens with zero attached hydrogens (tertiary/aromatic N) is 2. The number of aromatic nitrogens is 2. The highest BCUT2D eigenvalue weighted by molar-refractivity contribution is 6.56. The Morgan fingerprint density at radius 3 is 2.37 bits per heavy atom. The molecule has 0 unspecified atom stereocenters. The van der Waals surface area contributed by atoms with Crippen LogP contribution in [0.1, 0.15) is 39.0 Å².